The normalized spacial score (nSPS) is 27.7. The van der Waals surface area contributed by atoms with E-state index in [0.717, 1.165) is 44.9 Å². The second-order valence-electron chi connectivity index (χ2n) is 4.91. The summed E-state index contributed by atoms with van der Waals surface area (Å²) >= 11 is 0. The van der Waals surface area contributed by atoms with Gasteiger partial charge in [-0.2, -0.15) is 0 Å². The molecule has 2 saturated heterocycles. The van der Waals surface area contributed by atoms with E-state index in [9.17, 15) is 4.79 Å². The number of rotatable bonds is 0. The van der Waals surface area contributed by atoms with Gasteiger partial charge < -0.3 is 14.5 Å². The standard InChI is InChI=1S/C12H22N2O2/c1-11-3-2-5-13(6-4-11)12(15)14-7-9-16-10-8-14/h11H,2-10H2,1H3. The lowest BCUT2D eigenvalue weighted by Crippen LogP contribution is -2.48. The monoisotopic (exact) mass is 226 g/mol. The molecule has 0 N–H and O–H groups in total. The molecular weight excluding hydrogens is 204 g/mol. The molecule has 2 aliphatic rings. The van der Waals surface area contributed by atoms with E-state index >= 15 is 0 Å². The van der Waals surface area contributed by atoms with Crippen LogP contribution >= 0.6 is 0 Å². The van der Waals surface area contributed by atoms with E-state index in [2.05, 4.69) is 6.92 Å². The van der Waals surface area contributed by atoms with Crippen LogP contribution in [-0.4, -0.2) is 55.2 Å². The molecular formula is C12H22N2O2. The molecule has 2 heterocycles. The van der Waals surface area contributed by atoms with Crippen LogP contribution in [0.15, 0.2) is 0 Å². The Morgan fingerprint density at radius 3 is 2.50 bits per heavy atom. The highest BCUT2D eigenvalue weighted by Gasteiger charge is 2.24. The summed E-state index contributed by atoms with van der Waals surface area (Å²) < 4.78 is 5.27. The predicted molar refractivity (Wildman–Crippen MR) is 62.4 cm³/mol. The SMILES string of the molecule is CC1CCCN(C(=O)N2CCOCC2)CC1. The van der Waals surface area contributed by atoms with Crippen LogP contribution in [0.25, 0.3) is 0 Å². The maximum Gasteiger partial charge on any atom is 0.320 e. The zero-order valence-corrected chi connectivity index (χ0v) is 10.2. The molecule has 2 aliphatic heterocycles. The van der Waals surface area contributed by atoms with Crippen LogP contribution in [0.4, 0.5) is 4.79 Å². The van der Waals surface area contributed by atoms with Crippen molar-refractivity contribution < 1.29 is 9.53 Å². The topological polar surface area (TPSA) is 32.8 Å². The first-order chi connectivity index (χ1) is 7.77. The first kappa shape index (κ1) is 11.7. The third-order valence-corrected chi connectivity index (χ3v) is 3.57. The molecule has 0 aromatic carbocycles. The minimum Gasteiger partial charge on any atom is -0.378 e. The average molecular weight is 226 g/mol. The molecule has 0 radical (unpaired) electrons. The number of urea groups is 1. The molecule has 2 amide bonds. The fourth-order valence-corrected chi connectivity index (χ4v) is 2.41. The quantitative estimate of drug-likeness (QED) is 0.628. The molecule has 0 aromatic rings. The summed E-state index contributed by atoms with van der Waals surface area (Å²) in [6.07, 6.45) is 3.56. The highest BCUT2D eigenvalue weighted by molar-refractivity contribution is 5.74. The van der Waals surface area contributed by atoms with E-state index in [1.807, 2.05) is 9.80 Å². The van der Waals surface area contributed by atoms with Gasteiger partial charge >= 0.3 is 6.03 Å². The van der Waals surface area contributed by atoms with E-state index in [1.54, 1.807) is 0 Å². The molecule has 1 unspecified atom stereocenters. The van der Waals surface area contributed by atoms with E-state index < -0.39 is 0 Å². The molecule has 1 atom stereocenters. The Morgan fingerprint density at radius 1 is 1.06 bits per heavy atom. The number of ether oxygens (including phenoxy) is 1. The molecule has 0 aliphatic carbocycles. The van der Waals surface area contributed by atoms with Crippen LogP contribution in [0.5, 0.6) is 0 Å². The first-order valence-electron chi connectivity index (χ1n) is 6.39. The van der Waals surface area contributed by atoms with Gasteiger partial charge in [0, 0.05) is 26.2 Å². The summed E-state index contributed by atoms with van der Waals surface area (Å²) in [4.78, 5) is 16.2. The van der Waals surface area contributed by atoms with E-state index in [0.29, 0.717) is 13.2 Å². The first-order valence-corrected chi connectivity index (χ1v) is 6.39. The van der Waals surface area contributed by atoms with Crippen molar-refractivity contribution in [3.8, 4) is 0 Å². The Morgan fingerprint density at radius 2 is 1.75 bits per heavy atom. The Hall–Kier alpha value is -0.770. The van der Waals surface area contributed by atoms with Gasteiger partial charge in [-0.1, -0.05) is 6.92 Å². The smallest absolute Gasteiger partial charge is 0.320 e. The Bertz CT molecular complexity index is 239. The van der Waals surface area contributed by atoms with Gasteiger partial charge in [0.15, 0.2) is 0 Å². The van der Waals surface area contributed by atoms with Gasteiger partial charge in [0.05, 0.1) is 13.2 Å². The van der Waals surface area contributed by atoms with Crippen molar-refractivity contribution in [2.24, 2.45) is 5.92 Å². The summed E-state index contributed by atoms with van der Waals surface area (Å²) in [6.45, 7) is 7.03. The number of hydrogen-bond acceptors (Lipinski definition) is 2. The van der Waals surface area contributed by atoms with Gasteiger partial charge in [-0.3, -0.25) is 0 Å². The Labute approximate surface area is 97.5 Å². The Kier molecular flexibility index (Phi) is 4.04. The van der Waals surface area contributed by atoms with Crippen molar-refractivity contribution in [1.82, 2.24) is 9.80 Å². The number of carbonyl (C=O) groups excluding carboxylic acids is 1. The van der Waals surface area contributed by atoms with Gasteiger partial charge in [-0.25, -0.2) is 4.79 Å². The number of carbonyl (C=O) groups is 1. The van der Waals surface area contributed by atoms with Crippen molar-refractivity contribution in [3.63, 3.8) is 0 Å². The lowest BCUT2D eigenvalue weighted by Gasteiger charge is -2.32. The molecule has 92 valence electrons. The van der Waals surface area contributed by atoms with Crippen molar-refractivity contribution in [3.05, 3.63) is 0 Å². The van der Waals surface area contributed by atoms with Gasteiger partial charge in [0.25, 0.3) is 0 Å². The van der Waals surface area contributed by atoms with Gasteiger partial charge in [0.2, 0.25) is 0 Å². The van der Waals surface area contributed by atoms with E-state index in [4.69, 9.17) is 4.74 Å². The van der Waals surface area contributed by atoms with E-state index in [1.165, 1.54) is 6.42 Å². The highest BCUT2D eigenvalue weighted by atomic mass is 16.5. The largest absolute Gasteiger partial charge is 0.378 e. The van der Waals surface area contributed by atoms with Crippen LogP contribution in [0.3, 0.4) is 0 Å². The van der Waals surface area contributed by atoms with Crippen LogP contribution in [0.2, 0.25) is 0 Å². The molecule has 2 rings (SSSR count). The number of morpholine rings is 1. The molecule has 2 fully saturated rings. The van der Waals surface area contributed by atoms with Gasteiger partial charge in [-0.05, 0) is 25.2 Å². The van der Waals surface area contributed by atoms with E-state index in [-0.39, 0.29) is 6.03 Å². The van der Waals surface area contributed by atoms with Crippen LogP contribution < -0.4 is 0 Å². The summed E-state index contributed by atoms with van der Waals surface area (Å²) in [6, 6.07) is 0.220. The summed E-state index contributed by atoms with van der Waals surface area (Å²) in [5.74, 6) is 0.766. The van der Waals surface area contributed by atoms with Crippen molar-refractivity contribution in [1.29, 1.82) is 0 Å². The van der Waals surface area contributed by atoms with Crippen molar-refractivity contribution >= 4 is 6.03 Å². The molecule has 0 aromatic heterocycles. The number of likely N-dealkylation sites (tertiary alicyclic amines) is 1. The molecule has 4 nitrogen and oxygen atoms in total. The maximum atomic E-state index is 12.2. The van der Waals surface area contributed by atoms with Crippen LogP contribution in [0.1, 0.15) is 26.2 Å². The minimum atomic E-state index is 0.220. The second-order valence-corrected chi connectivity index (χ2v) is 4.91. The third kappa shape index (κ3) is 2.88. The van der Waals surface area contributed by atoms with Crippen LogP contribution in [-0.2, 0) is 4.74 Å². The molecule has 16 heavy (non-hydrogen) atoms. The van der Waals surface area contributed by atoms with Crippen LogP contribution in [0, 0.1) is 5.92 Å². The molecule has 0 saturated carbocycles. The highest BCUT2D eigenvalue weighted by Crippen LogP contribution is 2.17. The molecule has 0 spiro atoms. The average Bonchev–Trinajstić information content (AvgIpc) is 2.54. The predicted octanol–water partition coefficient (Wildman–Crippen LogP) is 1.56. The lowest BCUT2D eigenvalue weighted by molar-refractivity contribution is 0.0435. The number of amides is 2. The zero-order valence-electron chi connectivity index (χ0n) is 10.2. The number of nitrogens with zero attached hydrogens (tertiary/aromatic N) is 2. The maximum absolute atomic E-state index is 12.2. The van der Waals surface area contributed by atoms with Crippen molar-refractivity contribution in [2.75, 3.05) is 39.4 Å². The van der Waals surface area contributed by atoms with Gasteiger partial charge in [-0.15, -0.1) is 0 Å². The van der Waals surface area contributed by atoms with Crippen molar-refractivity contribution in [2.45, 2.75) is 26.2 Å². The lowest BCUT2D eigenvalue weighted by atomic mass is 10.0. The summed E-state index contributed by atoms with van der Waals surface area (Å²) in [5.41, 5.74) is 0. The fraction of sp³-hybridized carbons (Fsp3) is 0.917. The van der Waals surface area contributed by atoms with Gasteiger partial charge in [0.1, 0.15) is 0 Å². The Balaban J connectivity index is 1.87. The summed E-state index contributed by atoms with van der Waals surface area (Å²) in [5, 5.41) is 0. The minimum absolute atomic E-state index is 0.220. The third-order valence-electron chi connectivity index (χ3n) is 3.57. The fourth-order valence-electron chi connectivity index (χ4n) is 2.41. The zero-order chi connectivity index (χ0) is 11.4. The molecule has 0 bridgehead atoms. The second kappa shape index (κ2) is 5.53. The number of hydrogen-bond donors (Lipinski definition) is 0. The molecule has 4 heteroatoms. The summed E-state index contributed by atoms with van der Waals surface area (Å²) in [7, 11) is 0.